The quantitative estimate of drug-likeness (QED) is 0.696. The van der Waals surface area contributed by atoms with Crippen LogP contribution in [0.5, 0.6) is 0 Å². The summed E-state index contributed by atoms with van der Waals surface area (Å²) in [7, 11) is 6.92. The molecule has 7 nitrogen and oxygen atoms in total. The standard InChI is InChI=1S/C21H34N4O3/c1-23(2)21(27)20-17-12-16(24(3)14-19(26)28-4)10-11-18(17)25(22-20)13-15-8-6-5-7-9-15/h15-16H,5-14H2,1-4H3. The van der Waals surface area contributed by atoms with Gasteiger partial charge in [-0.15, -0.1) is 0 Å². The van der Waals surface area contributed by atoms with Crippen LogP contribution in [0, 0.1) is 5.92 Å². The summed E-state index contributed by atoms with van der Waals surface area (Å²) >= 11 is 0. The van der Waals surface area contributed by atoms with Gasteiger partial charge in [0, 0.05) is 37.9 Å². The second kappa shape index (κ2) is 9.07. The van der Waals surface area contributed by atoms with Crippen LogP contribution >= 0.6 is 0 Å². The van der Waals surface area contributed by atoms with E-state index in [0.717, 1.165) is 31.4 Å². The Morgan fingerprint density at radius 3 is 2.50 bits per heavy atom. The first-order valence-corrected chi connectivity index (χ1v) is 10.5. The number of carbonyl (C=O) groups is 2. The predicted molar refractivity (Wildman–Crippen MR) is 107 cm³/mol. The van der Waals surface area contributed by atoms with Crippen LogP contribution < -0.4 is 0 Å². The first kappa shape index (κ1) is 20.8. The van der Waals surface area contributed by atoms with Gasteiger partial charge in [-0.2, -0.15) is 5.10 Å². The molecule has 2 aliphatic rings. The average Bonchev–Trinajstić information content (AvgIpc) is 3.05. The minimum atomic E-state index is -0.231. The maximum absolute atomic E-state index is 12.8. The van der Waals surface area contributed by atoms with Crippen molar-refractivity contribution in [3.63, 3.8) is 0 Å². The highest BCUT2D eigenvalue weighted by atomic mass is 16.5. The third kappa shape index (κ3) is 4.57. The van der Waals surface area contributed by atoms with Crippen molar-refractivity contribution in [3.8, 4) is 0 Å². The first-order chi connectivity index (χ1) is 13.4. The molecule has 1 fully saturated rings. The summed E-state index contributed by atoms with van der Waals surface area (Å²) < 4.78 is 6.93. The highest BCUT2D eigenvalue weighted by Gasteiger charge is 2.32. The second-order valence-corrected chi connectivity index (χ2v) is 8.55. The highest BCUT2D eigenvalue weighted by molar-refractivity contribution is 5.93. The molecule has 28 heavy (non-hydrogen) atoms. The average molecular weight is 391 g/mol. The van der Waals surface area contributed by atoms with E-state index in [1.807, 2.05) is 11.9 Å². The predicted octanol–water partition coefficient (Wildman–Crippen LogP) is 2.13. The molecule has 0 aromatic carbocycles. The molecule has 1 atom stereocenters. The lowest BCUT2D eigenvalue weighted by Crippen LogP contribution is -2.40. The van der Waals surface area contributed by atoms with Gasteiger partial charge in [0.05, 0.1) is 13.7 Å². The van der Waals surface area contributed by atoms with Crippen LogP contribution in [0.1, 0.15) is 60.3 Å². The zero-order valence-corrected chi connectivity index (χ0v) is 17.7. The molecule has 3 rings (SSSR count). The SMILES string of the molecule is COC(=O)CN(C)C1CCc2c(c(C(=O)N(C)C)nn2CC2CCCCC2)C1. The van der Waals surface area contributed by atoms with Crippen LogP contribution in [0.2, 0.25) is 0 Å². The molecule has 0 N–H and O–H groups in total. The van der Waals surface area contributed by atoms with E-state index in [2.05, 4.69) is 4.68 Å². The monoisotopic (exact) mass is 390 g/mol. The van der Waals surface area contributed by atoms with Gasteiger partial charge in [-0.1, -0.05) is 19.3 Å². The Labute approximate surface area is 168 Å². The van der Waals surface area contributed by atoms with Crippen molar-refractivity contribution in [3.05, 3.63) is 17.0 Å². The fourth-order valence-electron chi connectivity index (χ4n) is 4.59. The molecule has 0 saturated heterocycles. The molecule has 1 aromatic heterocycles. The lowest BCUT2D eigenvalue weighted by molar-refractivity contribution is -0.142. The molecule has 1 heterocycles. The van der Waals surface area contributed by atoms with Gasteiger partial charge in [0.15, 0.2) is 5.69 Å². The molecule has 0 aliphatic heterocycles. The Morgan fingerprint density at radius 2 is 1.86 bits per heavy atom. The Morgan fingerprint density at radius 1 is 1.14 bits per heavy atom. The van der Waals surface area contributed by atoms with Crippen molar-refractivity contribution in [1.82, 2.24) is 19.6 Å². The van der Waals surface area contributed by atoms with Gasteiger partial charge < -0.3 is 9.64 Å². The van der Waals surface area contributed by atoms with E-state index in [9.17, 15) is 9.59 Å². The van der Waals surface area contributed by atoms with Crippen molar-refractivity contribution >= 4 is 11.9 Å². The zero-order valence-electron chi connectivity index (χ0n) is 17.7. The number of esters is 1. The van der Waals surface area contributed by atoms with Gasteiger partial charge in [0.25, 0.3) is 5.91 Å². The number of hydrogen-bond acceptors (Lipinski definition) is 5. The Bertz CT molecular complexity index is 707. The normalized spacial score (nSPS) is 20.1. The fourth-order valence-corrected chi connectivity index (χ4v) is 4.59. The van der Waals surface area contributed by atoms with Crippen LogP contribution in [0.4, 0.5) is 0 Å². The van der Waals surface area contributed by atoms with E-state index in [4.69, 9.17) is 9.84 Å². The van der Waals surface area contributed by atoms with Crippen molar-refractivity contribution in [2.24, 2.45) is 5.92 Å². The number of nitrogens with zero attached hydrogens (tertiary/aromatic N) is 4. The van der Waals surface area contributed by atoms with E-state index >= 15 is 0 Å². The van der Waals surface area contributed by atoms with E-state index in [1.165, 1.54) is 44.9 Å². The van der Waals surface area contributed by atoms with E-state index < -0.39 is 0 Å². The molecular weight excluding hydrogens is 356 g/mol. The van der Waals surface area contributed by atoms with Crippen LogP contribution in [0.15, 0.2) is 0 Å². The Hall–Kier alpha value is -1.89. The molecule has 1 saturated carbocycles. The minimum absolute atomic E-state index is 0.0325. The van der Waals surface area contributed by atoms with E-state index in [-0.39, 0.29) is 24.5 Å². The summed E-state index contributed by atoms with van der Waals surface area (Å²) in [6.45, 7) is 1.19. The molecule has 1 aromatic rings. The number of likely N-dealkylation sites (N-methyl/N-ethyl adjacent to an activating group) is 1. The number of ether oxygens (including phenoxy) is 1. The number of carbonyl (C=O) groups excluding carboxylic acids is 2. The van der Waals surface area contributed by atoms with Crippen molar-refractivity contribution < 1.29 is 14.3 Å². The summed E-state index contributed by atoms with van der Waals surface area (Å²) in [6, 6.07) is 0.215. The molecular formula is C21H34N4O3. The maximum Gasteiger partial charge on any atom is 0.319 e. The summed E-state index contributed by atoms with van der Waals surface area (Å²) in [5.74, 6) is 0.403. The molecule has 7 heteroatoms. The zero-order chi connectivity index (χ0) is 20.3. The number of rotatable bonds is 6. The van der Waals surface area contributed by atoms with Crippen molar-refractivity contribution in [2.75, 3.05) is 34.8 Å². The van der Waals surface area contributed by atoms with Gasteiger partial charge in [-0.3, -0.25) is 19.2 Å². The topological polar surface area (TPSA) is 67.7 Å². The molecule has 1 amide bonds. The summed E-state index contributed by atoms with van der Waals surface area (Å²) in [6.07, 6.45) is 9.08. The lowest BCUT2D eigenvalue weighted by atomic mass is 9.88. The number of methoxy groups -OCH3 is 1. The fraction of sp³-hybridized carbons (Fsp3) is 0.762. The molecule has 2 aliphatic carbocycles. The van der Waals surface area contributed by atoms with E-state index in [0.29, 0.717) is 11.6 Å². The summed E-state index contributed by atoms with van der Waals surface area (Å²) in [5, 5.41) is 4.79. The first-order valence-electron chi connectivity index (χ1n) is 10.5. The molecule has 0 spiro atoms. The summed E-state index contributed by atoms with van der Waals surface area (Å²) in [5.41, 5.74) is 2.88. The van der Waals surface area contributed by atoms with Gasteiger partial charge in [0.1, 0.15) is 0 Å². The Balaban J connectivity index is 1.83. The van der Waals surface area contributed by atoms with Crippen molar-refractivity contribution in [1.29, 1.82) is 0 Å². The number of amides is 1. The smallest absolute Gasteiger partial charge is 0.319 e. The van der Waals surface area contributed by atoms with E-state index in [1.54, 1.807) is 19.0 Å². The largest absolute Gasteiger partial charge is 0.468 e. The van der Waals surface area contributed by atoms with Crippen LogP contribution in [-0.4, -0.2) is 72.3 Å². The number of fused-ring (bicyclic) bond motifs is 1. The molecule has 0 radical (unpaired) electrons. The van der Waals surface area contributed by atoms with Crippen LogP contribution in [0.25, 0.3) is 0 Å². The van der Waals surface area contributed by atoms with Crippen LogP contribution in [0.3, 0.4) is 0 Å². The van der Waals surface area contributed by atoms with Crippen LogP contribution in [-0.2, 0) is 28.9 Å². The number of hydrogen-bond donors (Lipinski definition) is 0. The third-order valence-electron chi connectivity index (χ3n) is 6.31. The van der Waals surface area contributed by atoms with Gasteiger partial charge in [0.2, 0.25) is 0 Å². The molecule has 1 unspecified atom stereocenters. The third-order valence-corrected chi connectivity index (χ3v) is 6.31. The Kier molecular flexibility index (Phi) is 6.75. The van der Waals surface area contributed by atoms with Gasteiger partial charge >= 0.3 is 5.97 Å². The number of aromatic nitrogens is 2. The van der Waals surface area contributed by atoms with Crippen molar-refractivity contribution in [2.45, 2.75) is 64.0 Å². The lowest BCUT2D eigenvalue weighted by Gasteiger charge is -2.31. The maximum atomic E-state index is 12.8. The van der Waals surface area contributed by atoms with Gasteiger partial charge in [-0.05, 0) is 45.1 Å². The molecule has 156 valence electrons. The molecule has 0 bridgehead atoms. The highest BCUT2D eigenvalue weighted by Crippen LogP contribution is 2.31. The summed E-state index contributed by atoms with van der Waals surface area (Å²) in [4.78, 5) is 28.1. The minimum Gasteiger partial charge on any atom is -0.468 e. The second-order valence-electron chi connectivity index (χ2n) is 8.55. The van der Waals surface area contributed by atoms with Gasteiger partial charge in [-0.25, -0.2) is 0 Å².